The van der Waals surface area contributed by atoms with Gasteiger partial charge in [0.15, 0.2) is 0 Å². The third kappa shape index (κ3) is 2.97. The maximum Gasteiger partial charge on any atom is 0.266 e. The zero-order valence-electron chi connectivity index (χ0n) is 15.2. The highest BCUT2D eigenvalue weighted by molar-refractivity contribution is 5.94. The number of para-hydroxylation sites is 1. The molecule has 0 saturated heterocycles. The number of hydrogen-bond donors (Lipinski definition) is 0. The summed E-state index contributed by atoms with van der Waals surface area (Å²) >= 11 is 0. The average Bonchev–Trinajstić information content (AvgIpc) is 2.73. The number of methoxy groups -OCH3 is 1. The first kappa shape index (κ1) is 17.0. The van der Waals surface area contributed by atoms with E-state index in [9.17, 15) is 4.79 Å². The zero-order valence-corrected chi connectivity index (χ0v) is 15.2. The lowest BCUT2D eigenvalue weighted by Gasteiger charge is -2.14. The maximum atomic E-state index is 13.5. The summed E-state index contributed by atoms with van der Waals surface area (Å²) in [7, 11) is 1.60. The van der Waals surface area contributed by atoms with E-state index >= 15 is 0 Å². The normalized spacial score (nSPS) is 10.9. The Morgan fingerprint density at radius 2 is 1.85 bits per heavy atom. The lowest BCUT2D eigenvalue weighted by molar-refractivity contribution is 0.413. The fraction of sp³-hybridized carbons (Fsp3) is 0.136. The standard InChI is InChI=1S/C22H19N3O2/c1-3-20-24-19-11-7-10-18(15-12-17(27-2)14-23-13-15)21(19)22(26)25(20)16-8-5-4-6-9-16/h4-14H,3H2,1-2H3. The van der Waals surface area contributed by atoms with Gasteiger partial charge in [0.2, 0.25) is 0 Å². The highest BCUT2D eigenvalue weighted by Gasteiger charge is 2.15. The summed E-state index contributed by atoms with van der Waals surface area (Å²) in [4.78, 5) is 22.5. The van der Waals surface area contributed by atoms with Gasteiger partial charge in [0.1, 0.15) is 11.6 Å². The van der Waals surface area contributed by atoms with Gasteiger partial charge in [-0.15, -0.1) is 0 Å². The second-order valence-corrected chi connectivity index (χ2v) is 6.17. The molecule has 0 aliphatic heterocycles. The van der Waals surface area contributed by atoms with Crippen LogP contribution < -0.4 is 10.3 Å². The number of aromatic nitrogens is 3. The molecule has 0 atom stereocenters. The van der Waals surface area contributed by atoms with Gasteiger partial charge >= 0.3 is 0 Å². The van der Waals surface area contributed by atoms with E-state index in [1.165, 1.54) is 0 Å². The van der Waals surface area contributed by atoms with Crippen molar-refractivity contribution in [3.05, 3.63) is 83.2 Å². The van der Waals surface area contributed by atoms with Crippen LogP contribution in [-0.2, 0) is 6.42 Å². The molecule has 5 nitrogen and oxygen atoms in total. The third-order valence-corrected chi connectivity index (χ3v) is 4.56. The first-order valence-electron chi connectivity index (χ1n) is 8.82. The number of nitrogens with zero attached hydrogens (tertiary/aromatic N) is 3. The van der Waals surface area contributed by atoms with Gasteiger partial charge in [0.25, 0.3) is 5.56 Å². The van der Waals surface area contributed by atoms with Crippen molar-refractivity contribution < 1.29 is 4.74 Å². The molecule has 27 heavy (non-hydrogen) atoms. The molecule has 0 unspecified atom stereocenters. The fourth-order valence-corrected chi connectivity index (χ4v) is 3.27. The Hall–Kier alpha value is -3.47. The molecule has 0 bridgehead atoms. The summed E-state index contributed by atoms with van der Waals surface area (Å²) < 4.78 is 6.98. The molecule has 4 aromatic rings. The van der Waals surface area contributed by atoms with Gasteiger partial charge in [-0.25, -0.2) is 4.98 Å². The number of benzene rings is 2. The summed E-state index contributed by atoms with van der Waals surface area (Å²) in [6, 6.07) is 17.2. The molecule has 0 amide bonds. The van der Waals surface area contributed by atoms with Crippen LogP contribution in [0.2, 0.25) is 0 Å². The van der Waals surface area contributed by atoms with Crippen LogP contribution in [0, 0.1) is 0 Å². The highest BCUT2D eigenvalue weighted by Crippen LogP contribution is 2.28. The molecule has 0 saturated carbocycles. The Bertz CT molecular complexity index is 1170. The molecule has 0 N–H and O–H groups in total. The van der Waals surface area contributed by atoms with E-state index in [4.69, 9.17) is 9.72 Å². The van der Waals surface area contributed by atoms with Gasteiger partial charge in [-0.3, -0.25) is 14.3 Å². The summed E-state index contributed by atoms with van der Waals surface area (Å²) in [6.07, 6.45) is 4.03. The van der Waals surface area contributed by atoms with Gasteiger partial charge in [0.05, 0.1) is 29.9 Å². The molecular weight excluding hydrogens is 338 g/mol. The molecule has 0 fully saturated rings. The average molecular weight is 357 g/mol. The predicted molar refractivity (Wildman–Crippen MR) is 107 cm³/mol. The Balaban J connectivity index is 2.07. The molecule has 2 aromatic carbocycles. The number of aryl methyl sites for hydroxylation is 1. The van der Waals surface area contributed by atoms with Crippen LogP contribution in [0.3, 0.4) is 0 Å². The van der Waals surface area contributed by atoms with Crippen molar-refractivity contribution in [2.75, 3.05) is 7.11 Å². The molecule has 5 heteroatoms. The van der Waals surface area contributed by atoms with E-state index in [2.05, 4.69) is 4.98 Å². The minimum atomic E-state index is -0.0820. The highest BCUT2D eigenvalue weighted by atomic mass is 16.5. The van der Waals surface area contributed by atoms with Crippen molar-refractivity contribution in [2.24, 2.45) is 0 Å². The fourth-order valence-electron chi connectivity index (χ4n) is 3.27. The minimum Gasteiger partial charge on any atom is -0.495 e. The number of rotatable bonds is 4. The maximum absolute atomic E-state index is 13.5. The molecule has 134 valence electrons. The van der Waals surface area contributed by atoms with Crippen LogP contribution in [0.5, 0.6) is 5.75 Å². The number of ether oxygens (including phenoxy) is 1. The smallest absolute Gasteiger partial charge is 0.266 e. The van der Waals surface area contributed by atoms with Crippen molar-refractivity contribution in [3.63, 3.8) is 0 Å². The van der Waals surface area contributed by atoms with E-state index in [0.29, 0.717) is 23.1 Å². The van der Waals surface area contributed by atoms with E-state index < -0.39 is 0 Å². The van der Waals surface area contributed by atoms with E-state index in [1.54, 1.807) is 24.1 Å². The first-order valence-corrected chi connectivity index (χ1v) is 8.82. The van der Waals surface area contributed by atoms with E-state index in [0.717, 1.165) is 22.6 Å². The Morgan fingerprint density at radius 1 is 1.04 bits per heavy atom. The van der Waals surface area contributed by atoms with Crippen LogP contribution in [0.4, 0.5) is 0 Å². The second-order valence-electron chi connectivity index (χ2n) is 6.17. The van der Waals surface area contributed by atoms with Gasteiger partial charge in [-0.1, -0.05) is 37.3 Å². The van der Waals surface area contributed by atoms with Crippen molar-refractivity contribution >= 4 is 10.9 Å². The second kappa shape index (κ2) is 7.03. The molecular formula is C22H19N3O2. The SMILES string of the molecule is CCc1nc2cccc(-c3cncc(OC)c3)c2c(=O)n1-c1ccccc1. The topological polar surface area (TPSA) is 57.0 Å². The number of fused-ring (bicyclic) bond motifs is 1. The van der Waals surface area contributed by atoms with Gasteiger partial charge in [-0.2, -0.15) is 0 Å². The van der Waals surface area contributed by atoms with Crippen LogP contribution in [0.1, 0.15) is 12.7 Å². The van der Waals surface area contributed by atoms with E-state index in [-0.39, 0.29) is 5.56 Å². The Kier molecular flexibility index (Phi) is 4.42. The van der Waals surface area contributed by atoms with Crippen molar-refractivity contribution in [1.29, 1.82) is 0 Å². The number of pyridine rings is 1. The summed E-state index contributed by atoms with van der Waals surface area (Å²) in [5, 5.41) is 0.577. The largest absolute Gasteiger partial charge is 0.495 e. The van der Waals surface area contributed by atoms with Crippen LogP contribution in [-0.4, -0.2) is 21.6 Å². The quantitative estimate of drug-likeness (QED) is 0.553. The summed E-state index contributed by atoms with van der Waals surface area (Å²) in [5.41, 5.74) is 3.03. The van der Waals surface area contributed by atoms with Gasteiger partial charge < -0.3 is 4.74 Å². The van der Waals surface area contributed by atoms with E-state index in [1.807, 2.05) is 61.5 Å². The Labute approximate surface area is 156 Å². The molecule has 0 aliphatic carbocycles. The van der Waals surface area contributed by atoms with Crippen molar-refractivity contribution in [1.82, 2.24) is 14.5 Å². The van der Waals surface area contributed by atoms with Crippen molar-refractivity contribution in [3.8, 4) is 22.6 Å². The number of hydrogen-bond acceptors (Lipinski definition) is 4. The molecule has 0 radical (unpaired) electrons. The molecule has 4 rings (SSSR count). The minimum absolute atomic E-state index is 0.0820. The Morgan fingerprint density at radius 3 is 2.59 bits per heavy atom. The summed E-state index contributed by atoms with van der Waals surface area (Å²) in [5.74, 6) is 1.38. The molecule has 2 aromatic heterocycles. The predicted octanol–water partition coefficient (Wildman–Crippen LogP) is 4.02. The third-order valence-electron chi connectivity index (χ3n) is 4.56. The molecule has 0 spiro atoms. The van der Waals surface area contributed by atoms with Crippen LogP contribution >= 0.6 is 0 Å². The zero-order chi connectivity index (χ0) is 18.8. The van der Waals surface area contributed by atoms with Crippen LogP contribution in [0.25, 0.3) is 27.7 Å². The van der Waals surface area contributed by atoms with Crippen molar-refractivity contribution in [2.45, 2.75) is 13.3 Å². The van der Waals surface area contributed by atoms with Gasteiger partial charge in [0, 0.05) is 18.2 Å². The lowest BCUT2D eigenvalue weighted by atomic mass is 10.0. The van der Waals surface area contributed by atoms with Crippen LogP contribution in [0.15, 0.2) is 71.8 Å². The first-order chi connectivity index (χ1) is 13.2. The molecule has 0 aliphatic rings. The summed E-state index contributed by atoms with van der Waals surface area (Å²) in [6.45, 7) is 2.00. The lowest BCUT2D eigenvalue weighted by Crippen LogP contribution is -2.24. The monoisotopic (exact) mass is 357 g/mol. The molecule has 2 heterocycles. The van der Waals surface area contributed by atoms with Gasteiger partial charge in [-0.05, 0) is 29.8 Å².